The molecule has 37 heavy (non-hydrogen) atoms. The molecule has 1 aliphatic rings. The van der Waals surface area contributed by atoms with E-state index >= 15 is 0 Å². The van der Waals surface area contributed by atoms with Crippen molar-refractivity contribution in [2.75, 3.05) is 38.3 Å². The fourth-order valence-electron chi connectivity index (χ4n) is 4.84. The second-order valence-electron chi connectivity index (χ2n) is 9.22. The zero-order valence-electron chi connectivity index (χ0n) is 20.8. The van der Waals surface area contributed by atoms with Gasteiger partial charge < -0.3 is 26.4 Å². The molecule has 0 unspecified atom stereocenters. The van der Waals surface area contributed by atoms with Crippen LogP contribution in [-0.4, -0.2) is 52.6 Å². The number of carbonyl (C=O) groups excluding carboxylic acids is 1. The molecular formula is C27H29N7O3. The molecule has 5 rings (SSSR count). The van der Waals surface area contributed by atoms with Gasteiger partial charge in [0.2, 0.25) is 11.4 Å². The van der Waals surface area contributed by atoms with Crippen LogP contribution in [0.1, 0.15) is 34.7 Å². The Labute approximate surface area is 213 Å². The van der Waals surface area contributed by atoms with Crippen molar-refractivity contribution in [2.24, 2.45) is 5.73 Å². The molecule has 0 atom stereocenters. The van der Waals surface area contributed by atoms with E-state index in [0.29, 0.717) is 23.0 Å². The first-order valence-corrected chi connectivity index (χ1v) is 12.1. The van der Waals surface area contributed by atoms with Crippen LogP contribution in [-0.2, 0) is 0 Å². The van der Waals surface area contributed by atoms with E-state index in [1.165, 1.54) is 16.3 Å². The van der Waals surface area contributed by atoms with Gasteiger partial charge in [-0.2, -0.15) is 4.98 Å². The molecule has 4 aromatic rings. The molecule has 1 fully saturated rings. The summed E-state index contributed by atoms with van der Waals surface area (Å²) in [6.45, 7) is 2.14. The number of carbonyl (C=O) groups is 1. The molecule has 10 heteroatoms. The SMILES string of the molecule is COc1cc(C2CCN(C)CC2)ccc1Nc1ncc2c(=O)c(C(N)=O)c(N)n(-c3ccccc3)c2n1. The summed E-state index contributed by atoms with van der Waals surface area (Å²) >= 11 is 0. The molecule has 190 valence electrons. The number of benzene rings is 2. The van der Waals surface area contributed by atoms with E-state index in [4.69, 9.17) is 16.2 Å². The predicted molar refractivity (Wildman–Crippen MR) is 144 cm³/mol. The van der Waals surface area contributed by atoms with Crippen LogP contribution in [0.3, 0.4) is 0 Å². The molecule has 3 heterocycles. The Morgan fingerprint density at radius 1 is 1.14 bits per heavy atom. The number of methoxy groups -OCH3 is 1. The van der Waals surface area contributed by atoms with E-state index < -0.39 is 11.3 Å². The number of nitrogens with two attached hydrogens (primary N) is 2. The second-order valence-corrected chi connectivity index (χ2v) is 9.22. The Bertz CT molecular complexity index is 1530. The minimum atomic E-state index is -0.911. The van der Waals surface area contributed by atoms with Crippen molar-refractivity contribution < 1.29 is 9.53 Å². The lowest BCUT2D eigenvalue weighted by Gasteiger charge is -2.29. The van der Waals surface area contributed by atoms with E-state index in [2.05, 4.69) is 39.4 Å². The minimum Gasteiger partial charge on any atom is -0.495 e. The molecule has 0 bridgehead atoms. The van der Waals surface area contributed by atoms with Gasteiger partial charge in [0.25, 0.3) is 5.91 Å². The largest absolute Gasteiger partial charge is 0.495 e. The average Bonchev–Trinajstić information content (AvgIpc) is 2.90. The smallest absolute Gasteiger partial charge is 0.256 e. The Morgan fingerprint density at radius 2 is 1.86 bits per heavy atom. The number of likely N-dealkylation sites (tertiary alicyclic amines) is 1. The van der Waals surface area contributed by atoms with E-state index in [-0.39, 0.29) is 28.4 Å². The zero-order valence-corrected chi connectivity index (χ0v) is 20.8. The lowest BCUT2D eigenvalue weighted by molar-refractivity contribution is 0.1000. The monoisotopic (exact) mass is 499 g/mol. The highest BCUT2D eigenvalue weighted by Gasteiger charge is 2.22. The summed E-state index contributed by atoms with van der Waals surface area (Å²) in [6, 6.07) is 15.2. The second kappa shape index (κ2) is 9.90. The number of nitrogen functional groups attached to an aromatic ring is 1. The lowest BCUT2D eigenvalue weighted by Crippen LogP contribution is -2.29. The Hall–Kier alpha value is -4.44. The molecular weight excluding hydrogens is 470 g/mol. The molecule has 5 N–H and O–H groups in total. The highest BCUT2D eigenvalue weighted by Crippen LogP contribution is 2.34. The van der Waals surface area contributed by atoms with Crippen molar-refractivity contribution >= 4 is 34.4 Å². The van der Waals surface area contributed by atoms with Crippen molar-refractivity contribution in [3.8, 4) is 11.4 Å². The number of nitrogens with one attached hydrogen (secondary N) is 1. The van der Waals surface area contributed by atoms with Crippen molar-refractivity contribution in [1.29, 1.82) is 0 Å². The van der Waals surface area contributed by atoms with Gasteiger partial charge >= 0.3 is 0 Å². The summed E-state index contributed by atoms with van der Waals surface area (Å²) in [7, 11) is 3.77. The molecule has 1 saturated heterocycles. The van der Waals surface area contributed by atoms with Crippen LogP contribution < -0.4 is 26.9 Å². The predicted octanol–water partition coefficient (Wildman–Crippen LogP) is 3.02. The normalized spacial score (nSPS) is 14.5. The third-order valence-corrected chi connectivity index (χ3v) is 6.87. The summed E-state index contributed by atoms with van der Waals surface area (Å²) in [6.07, 6.45) is 3.58. The van der Waals surface area contributed by atoms with Gasteiger partial charge in [0.05, 0.1) is 18.2 Å². The van der Waals surface area contributed by atoms with Crippen LogP contribution in [0.2, 0.25) is 0 Å². The molecule has 0 saturated carbocycles. The van der Waals surface area contributed by atoms with Gasteiger partial charge in [0.1, 0.15) is 17.1 Å². The summed E-state index contributed by atoms with van der Waals surface area (Å²) in [5, 5.41) is 3.33. The highest BCUT2D eigenvalue weighted by atomic mass is 16.5. The van der Waals surface area contributed by atoms with E-state index in [1.807, 2.05) is 24.3 Å². The Morgan fingerprint density at radius 3 is 2.54 bits per heavy atom. The van der Waals surface area contributed by atoms with Crippen LogP contribution in [0.25, 0.3) is 16.7 Å². The number of anilines is 3. The number of aromatic nitrogens is 3. The number of fused-ring (bicyclic) bond motifs is 1. The van der Waals surface area contributed by atoms with Crippen LogP contribution in [0, 0.1) is 0 Å². The topological polar surface area (TPSA) is 141 Å². The third-order valence-electron chi connectivity index (χ3n) is 6.87. The van der Waals surface area contributed by atoms with Crippen LogP contribution >= 0.6 is 0 Å². The summed E-state index contributed by atoms with van der Waals surface area (Å²) in [5.74, 6) is 0.405. The van der Waals surface area contributed by atoms with Gasteiger partial charge in [-0.1, -0.05) is 24.3 Å². The third kappa shape index (κ3) is 4.58. The maximum Gasteiger partial charge on any atom is 0.256 e. The molecule has 0 aliphatic carbocycles. The van der Waals surface area contributed by atoms with Crippen LogP contribution in [0.15, 0.2) is 59.5 Å². The quantitative estimate of drug-likeness (QED) is 0.368. The van der Waals surface area contributed by atoms with Gasteiger partial charge in [-0.25, -0.2) is 4.98 Å². The summed E-state index contributed by atoms with van der Waals surface area (Å²) in [4.78, 5) is 36.4. The number of pyridine rings is 1. The first-order chi connectivity index (χ1) is 17.9. The molecule has 1 aliphatic heterocycles. The summed E-state index contributed by atoms with van der Waals surface area (Å²) < 4.78 is 7.21. The number of ether oxygens (including phenoxy) is 1. The van der Waals surface area contributed by atoms with Gasteiger partial charge in [0.15, 0.2) is 5.65 Å². The van der Waals surface area contributed by atoms with Crippen molar-refractivity contribution in [2.45, 2.75) is 18.8 Å². The van der Waals surface area contributed by atoms with Crippen molar-refractivity contribution in [1.82, 2.24) is 19.4 Å². The molecule has 0 radical (unpaired) electrons. The number of primary amides is 1. The van der Waals surface area contributed by atoms with Gasteiger partial charge in [-0.15, -0.1) is 0 Å². The van der Waals surface area contributed by atoms with Crippen LogP contribution in [0.5, 0.6) is 5.75 Å². The maximum absolute atomic E-state index is 13.0. The zero-order chi connectivity index (χ0) is 26.1. The van der Waals surface area contributed by atoms with Crippen molar-refractivity contribution in [3.63, 3.8) is 0 Å². The fourth-order valence-corrected chi connectivity index (χ4v) is 4.84. The number of piperidine rings is 1. The molecule has 1 amide bonds. The standard InChI is InChI=1S/C27H29N7O3/c1-33-12-10-16(11-13-33)17-8-9-20(21(14-17)37-2)31-27-30-15-19-23(35)22(25(29)36)24(28)34(26(19)32-27)18-6-4-3-5-7-18/h3-9,14-16H,10-13,28H2,1-2H3,(H2,29,36)(H,30,31,32). The average molecular weight is 500 g/mol. The molecule has 2 aromatic carbocycles. The number of para-hydroxylation sites is 1. The van der Waals surface area contributed by atoms with E-state index in [0.717, 1.165) is 25.9 Å². The van der Waals surface area contributed by atoms with E-state index in [1.54, 1.807) is 19.2 Å². The minimum absolute atomic E-state index is 0.0825. The molecule has 0 spiro atoms. The molecule has 2 aromatic heterocycles. The van der Waals surface area contributed by atoms with Crippen molar-refractivity contribution in [3.05, 3.63) is 76.1 Å². The maximum atomic E-state index is 13.0. The lowest BCUT2D eigenvalue weighted by atomic mass is 9.89. The van der Waals surface area contributed by atoms with Gasteiger partial charge in [0, 0.05) is 11.9 Å². The van der Waals surface area contributed by atoms with E-state index in [9.17, 15) is 9.59 Å². The number of rotatable bonds is 6. The van der Waals surface area contributed by atoms with Gasteiger partial charge in [-0.05, 0) is 68.7 Å². The first-order valence-electron chi connectivity index (χ1n) is 12.1. The van der Waals surface area contributed by atoms with Crippen LogP contribution in [0.4, 0.5) is 17.5 Å². The Balaban J connectivity index is 1.57. The molecule has 10 nitrogen and oxygen atoms in total. The van der Waals surface area contributed by atoms with Gasteiger partial charge in [-0.3, -0.25) is 14.2 Å². The first kappa shape index (κ1) is 24.3. The highest BCUT2D eigenvalue weighted by molar-refractivity contribution is 6.01. The number of nitrogens with zero attached hydrogens (tertiary/aromatic N) is 4. The number of amides is 1. The number of hydrogen-bond acceptors (Lipinski definition) is 8. The number of hydrogen-bond donors (Lipinski definition) is 3. The summed E-state index contributed by atoms with van der Waals surface area (Å²) in [5.41, 5.74) is 13.7. The Kier molecular flexibility index (Phi) is 6.49. The fraction of sp³-hybridized carbons (Fsp3) is 0.259.